The van der Waals surface area contributed by atoms with Crippen LogP contribution in [0.4, 0.5) is 0 Å². The molecule has 0 radical (unpaired) electrons. The number of carbonyl (C=O) groups excluding carboxylic acids is 2. The van der Waals surface area contributed by atoms with E-state index >= 15 is 0 Å². The average molecular weight is 338 g/mol. The van der Waals surface area contributed by atoms with Gasteiger partial charge in [0, 0.05) is 37.7 Å². The molecule has 4 rings (SSSR count). The van der Waals surface area contributed by atoms with Crippen molar-refractivity contribution in [3.63, 3.8) is 0 Å². The Bertz CT molecular complexity index is 676. The molecule has 1 aromatic rings. The SMILES string of the molecule is CN(C(=O)[C@@H]1C[C@H]2C=C[C@H]1C2)C1CCN(C(=O)c2ccccc2)CC1. The molecule has 0 N–H and O–H groups in total. The van der Waals surface area contributed by atoms with E-state index in [0.717, 1.165) is 44.3 Å². The van der Waals surface area contributed by atoms with Gasteiger partial charge in [0.25, 0.3) is 5.91 Å². The Morgan fingerprint density at radius 1 is 1.04 bits per heavy atom. The maximum atomic E-state index is 12.9. The molecule has 2 amide bonds. The van der Waals surface area contributed by atoms with Crippen LogP contribution in [-0.4, -0.2) is 47.8 Å². The van der Waals surface area contributed by atoms with Crippen LogP contribution < -0.4 is 0 Å². The summed E-state index contributed by atoms with van der Waals surface area (Å²) < 4.78 is 0. The van der Waals surface area contributed by atoms with E-state index < -0.39 is 0 Å². The van der Waals surface area contributed by atoms with Crippen LogP contribution in [0.15, 0.2) is 42.5 Å². The molecule has 3 aliphatic rings. The standard InChI is InChI=1S/C21H26N2O2/c1-22(21(25)19-14-15-7-8-17(19)13-15)18-9-11-23(12-10-18)20(24)16-5-3-2-4-6-16/h2-8,15,17-19H,9-14H2,1H3/t15-,17-,19+/m0/s1. The molecule has 1 heterocycles. The zero-order valence-corrected chi connectivity index (χ0v) is 14.8. The lowest BCUT2D eigenvalue weighted by atomic mass is 9.91. The normalized spacial score (nSPS) is 28.4. The molecule has 1 aliphatic heterocycles. The van der Waals surface area contributed by atoms with Crippen LogP contribution in [0.25, 0.3) is 0 Å². The minimum atomic E-state index is 0.103. The summed E-state index contributed by atoms with van der Waals surface area (Å²) in [4.78, 5) is 29.3. The Morgan fingerprint density at radius 3 is 2.36 bits per heavy atom. The fraction of sp³-hybridized carbons (Fsp3) is 0.524. The van der Waals surface area contributed by atoms with Gasteiger partial charge in [0.1, 0.15) is 0 Å². The fourth-order valence-electron chi connectivity index (χ4n) is 4.73. The summed E-state index contributed by atoms with van der Waals surface area (Å²) >= 11 is 0. The summed E-state index contributed by atoms with van der Waals surface area (Å²) in [6.07, 6.45) is 8.45. The number of likely N-dealkylation sites (tertiary alicyclic amines) is 1. The highest BCUT2D eigenvalue weighted by Gasteiger charge is 2.42. The lowest BCUT2D eigenvalue weighted by Gasteiger charge is -2.38. The Kier molecular flexibility index (Phi) is 4.36. The van der Waals surface area contributed by atoms with Gasteiger partial charge in [-0.15, -0.1) is 0 Å². The first-order valence-corrected chi connectivity index (χ1v) is 9.43. The Morgan fingerprint density at radius 2 is 1.76 bits per heavy atom. The second kappa shape index (κ2) is 6.66. The Hall–Kier alpha value is -2.10. The predicted octanol–water partition coefficient (Wildman–Crippen LogP) is 2.96. The van der Waals surface area contributed by atoms with E-state index in [-0.39, 0.29) is 17.9 Å². The highest BCUT2D eigenvalue weighted by molar-refractivity contribution is 5.94. The van der Waals surface area contributed by atoms with E-state index in [4.69, 9.17) is 0 Å². The number of piperidine rings is 1. The van der Waals surface area contributed by atoms with Crippen LogP contribution >= 0.6 is 0 Å². The lowest BCUT2D eigenvalue weighted by Crippen LogP contribution is -2.49. The second-order valence-electron chi connectivity index (χ2n) is 7.73. The van der Waals surface area contributed by atoms with Gasteiger partial charge < -0.3 is 9.80 Å². The van der Waals surface area contributed by atoms with Crippen molar-refractivity contribution < 1.29 is 9.59 Å². The van der Waals surface area contributed by atoms with Crippen LogP contribution in [0.5, 0.6) is 0 Å². The van der Waals surface area contributed by atoms with Crippen LogP contribution in [0.2, 0.25) is 0 Å². The smallest absolute Gasteiger partial charge is 0.253 e. The molecule has 1 aromatic carbocycles. The molecule has 3 atom stereocenters. The van der Waals surface area contributed by atoms with Crippen molar-refractivity contribution in [2.24, 2.45) is 17.8 Å². The van der Waals surface area contributed by atoms with Gasteiger partial charge in [0.15, 0.2) is 0 Å². The van der Waals surface area contributed by atoms with Crippen molar-refractivity contribution in [2.75, 3.05) is 20.1 Å². The molecule has 0 spiro atoms. The summed E-state index contributed by atoms with van der Waals surface area (Å²) in [6.45, 7) is 1.46. The number of amides is 2. The van der Waals surface area contributed by atoms with Gasteiger partial charge in [0.2, 0.25) is 5.91 Å². The molecule has 25 heavy (non-hydrogen) atoms. The first kappa shape index (κ1) is 16.4. The topological polar surface area (TPSA) is 40.6 Å². The third-order valence-corrected chi connectivity index (χ3v) is 6.26. The van der Waals surface area contributed by atoms with Crippen molar-refractivity contribution in [3.8, 4) is 0 Å². The Labute approximate surface area is 149 Å². The van der Waals surface area contributed by atoms with E-state index in [9.17, 15) is 9.59 Å². The molecule has 0 unspecified atom stereocenters. The first-order chi connectivity index (χ1) is 12.1. The monoisotopic (exact) mass is 338 g/mol. The van der Waals surface area contributed by atoms with E-state index in [1.165, 1.54) is 0 Å². The highest BCUT2D eigenvalue weighted by atomic mass is 16.2. The largest absolute Gasteiger partial charge is 0.342 e. The third kappa shape index (κ3) is 3.10. The number of hydrogen-bond donors (Lipinski definition) is 0. The van der Waals surface area contributed by atoms with Gasteiger partial charge >= 0.3 is 0 Å². The summed E-state index contributed by atoms with van der Waals surface area (Å²) in [5.41, 5.74) is 0.749. The fourth-order valence-corrected chi connectivity index (χ4v) is 4.73. The number of carbonyl (C=O) groups is 2. The molecule has 1 saturated heterocycles. The van der Waals surface area contributed by atoms with Gasteiger partial charge in [-0.1, -0.05) is 30.4 Å². The molecule has 4 nitrogen and oxygen atoms in total. The molecule has 2 aliphatic carbocycles. The van der Waals surface area contributed by atoms with Crippen molar-refractivity contribution in [1.82, 2.24) is 9.80 Å². The van der Waals surface area contributed by atoms with E-state index in [0.29, 0.717) is 17.7 Å². The van der Waals surface area contributed by atoms with Crippen molar-refractivity contribution in [1.29, 1.82) is 0 Å². The van der Waals surface area contributed by atoms with Gasteiger partial charge in [0.05, 0.1) is 0 Å². The van der Waals surface area contributed by atoms with E-state index in [1.54, 1.807) is 0 Å². The van der Waals surface area contributed by atoms with Crippen molar-refractivity contribution in [2.45, 2.75) is 31.7 Å². The summed E-state index contributed by atoms with van der Waals surface area (Å²) in [7, 11) is 1.96. The van der Waals surface area contributed by atoms with Crippen LogP contribution in [-0.2, 0) is 4.79 Å². The number of hydrogen-bond acceptors (Lipinski definition) is 2. The second-order valence-corrected chi connectivity index (χ2v) is 7.73. The van der Waals surface area contributed by atoms with Crippen molar-refractivity contribution >= 4 is 11.8 Å². The Balaban J connectivity index is 1.33. The molecular formula is C21H26N2O2. The summed E-state index contributed by atoms with van der Waals surface area (Å²) in [5, 5.41) is 0. The maximum absolute atomic E-state index is 12.9. The van der Waals surface area contributed by atoms with Crippen LogP contribution in [0, 0.1) is 17.8 Å². The molecule has 4 heteroatoms. The summed E-state index contributed by atoms with van der Waals surface area (Å²) in [5.74, 6) is 1.68. The van der Waals surface area contributed by atoms with Crippen LogP contribution in [0.1, 0.15) is 36.0 Å². The predicted molar refractivity (Wildman–Crippen MR) is 97.0 cm³/mol. The number of allylic oxidation sites excluding steroid dienone is 2. The maximum Gasteiger partial charge on any atom is 0.253 e. The molecule has 2 fully saturated rings. The number of fused-ring (bicyclic) bond motifs is 2. The zero-order valence-electron chi connectivity index (χ0n) is 14.8. The average Bonchev–Trinajstić information content (AvgIpc) is 3.30. The first-order valence-electron chi connectivity index (χ1n) is 9.43. The quantitative estimate of drug-likeness (QED) is 0.795. The summed E-state index contributed by atoms with van der Waals surface area (Å²) in [6, 6.07) is 9.72. The molecule has 2 bridgehead atoms. The van der Waals surface area contributed by atoms with E-state index in [2.05, 4.69) is 12.2 Å². The van der Waals surface area contributed by atoms with Gasteiger partial charge in [-0.3, -0.25) is 9.59 Å². The van der Waals surface area contributed by atoms with Gasteiger partial charge in [-0.05, 0) is 49.7 Å². The number of nitrogens with zero attached hydrogens (tertiary/aromatic N) is 2. The lowest BCUT2D eigenvalue weighted by molar-refractivity contribution is -0.137. The molecular weight excluding hydrogens is 312 g/mol. The zero-order chi connectivity index (χ0) is 17.4. The number of rotatable bonds is 3. The number of benzene rings is 1. The minimum absolute atomic E-state index is 0.103. The van der Waals surface area contributed by atoms with Gasteiger partial charge in [-0.2, -0.15) is 0 Å². The minimum Gasteiger partial charge on any atom is -0.342 e. The molecule has 1 saturated carbocycles. The molecule has 132 valence electrons. The third-order valence-electron chi connectivity index (χ3n) is 6.26. The molecule has 0 aromatic heterocycles. The van der Waals surface area contributed by atoms with Crippen LogP contribution in [0.3, 0.4) is 0 Å². The van der Waals surface area contributed by atoms with E-state index in [1.807, 2.05) is 47.2 Å². The highest BCUT2D eigenvalue weighted by Crippen LogP contribution is 2.44. The van der Waals surface area contributed by atoms with Crippen molar-refractivity contribution in [3.05, 3.63) is 48.0 Å². The van der Waals surface area contributed by atoms with Gasteiger partial charge in [-0.25, -0.2) is 0 Å².